The number of para-hydroxylation sites is 1. The first kappa shape index (κ1) is 17.0. The number of piperidine rings is 1. The number of carbonyl (C=O) groups excluding carboxylic acids is 1. The molecule has 0 bridgehead atoms. The summed E-state index contributed by atoms with van der Waals surface area (Å²) in [5, 5.41) is 14.4. The molecule has 1 aliphatic carbocycles. The molecule has 1 aromatic carbocycles. The zero-order valence-corrected chi connectivity index (χ0v) is 14.9. The van der Waals surface area contributed by atoms with E-state index in [2.05, 4.69) is 20.9 Å². The van der Waals surface area contributed by atoms with Crippen molar-refractivity contribution in [3.63, 3.8) is 0 Å². The van der Waals surface area contributed by atoms with Gasteiger partial charge in [-0.25, -0.2) is 4.68 Å². The predicted molar refractivity (Wildman–Crippen MR) is 97.0 cm³/mol. The van der Waals surface area contributed by atoms with Crippen LogP contribution in [0.25, 0.3) is 0 Å². The molecule has 2 aromatic rings. The number of rotatable bonds is 7. The maximum atomic E-state index is 12.4. The van der Waals surface area contributed by atoms with Gasteiger partial charge in [0.15, 0.2) is 5.69 Å². The molecule has 2 heterocycles. The zero-order chi connectivity index (χ0) is 17.8. The lowest BCUT2D eigenvalue weighted by Gasteiger charge is -2.22. The molecule has 7 heteroatoms. The Bertz CT molecular complexity index is 750. The molecule has 1 aromatic heterocycles. The highest BCUT2D eigenvalue weighted by Gasteiger charge is 2.22. The maximum absolute atomic E-state index is 12.4. The number of benzene rings is 1. The van der Waals surface area contributed by atoms with Crippen molar-refractivity contribution in [1.82, 2.24) is 25.6 Å². The number of aromatic nitrogens is 3. The Morgan fingerprint density at radius 3 is 2.85 bits per heavy atom. The minimum absolute atomic E-state index is 0.206. The van der Waals surface area contributed by atoms with Crippen LogP contribution < -0.4 is 15.4 Å². The third-order valence-electron chi connectivity index (χ3n) is 5.01. The molecule has 7 nitrogen and oxygen atoms in total. The highest BCUT2D eigenvalue weighted by Crippen LogP contribution is 2.30. The van der Waals surface area contributed by atoms with E-state index in [1.165, 1.54) is 12.8 Å². The van der Waals surface area contributed by atoms with Crippen LogP contribution in [0.3, 0.4) is 0 Å². The minimum atomic E-state index is -0.206. The second-order valence-electron chi connectivity index (χ2n) is 7.11. The summed E-state index contributed by atoms with van der Waals surface area (Å²) in [7, 11) is 0. The first-order chi connectivity index (χ1) is 12.8. The average molecular weight is 355 g/mol. The molecule has 0 spiro atoms. The van der Waals surface area contributed by atoms with Gasteiger partial charge in [-0.05, 0) is 50.8 Å². The molecule has 1 amide bonds. The summed E-state index contributed by atoms with van der Waals surface area (Å²) in [5.41, 5.74) is 1.34. The molecule has 2 N–H and O–H groups in total. The Morgan fingerprint density at radius 2 is 2.04 bits per heavy atom. The van der Waals surface area contributed by atoms with Gasteiger partial charge in [0.2, 0.25) is 0 Å². The van der Waals surface area contributed by atoms with E-state index in [9.17, 15) is 4.79 Å². The van der Waals surface area contributed by atoms with Crippen LogP contribution in [0.1, 0.15) is 47.8 Å². The number of carbonyl (C=O) groups is 1. The third kappa shape index (κ3) is 4.22. The lowest BCUT2D eigenvalue weighted by atomic mass is 10.1. The number of amides is 1. The van der Waals surface area contributed by atoms with Gasteiger partial charge in [0, 0.05) is 12.1 Å². The highest BCUT2D eigenvalue weighted by atomic mass is 16.5. The molecule has 1 aliphatic heterocycles. The van der Waals surface area contributed by atoms with Gasteiger partial charge in [-0.3, -0.25) is 4.79 Å². The van der Waals surface area contributed by atoms with Gasteiger partial charge in [-0.1, -0.05) is 23.4 Å². The van der Waals surface area contributed by atoms with Crippen molar-refractivity contribution in [2.75, 3.05) is 19.7 Å². The fourth-order valence-corrected chi connectivity index (χ4v) is 3.18. The summed E-state index contributed by atoms with van der Waals surface area (Å²) in [6.45, 7) is 3.13. The first-order valence-corrected chi connectivity index (χ1v) is 9.41. The standard InChI is InChI=1S/C19H25N5O2/c25-19(17-12-24(23-22-17)16-7-9-20-10-8-16)21-11-15-3-1-2-4-18(15)26-13-14-5-6-14/h1-4,12,14,16,20H,5-11,13H2,(H,21,25). The molecule has 0 unspecified atom stereocenters. The third-order valence-corrected chi connectivity index (χ3v) is 5.01. The molecule has 138 valence electrons. The normalized spacial score (nSPS) is 17.8. The largest absolute Gasteiger partial charge is 0.493 e. The van der Waals surface area contributed by atoms with Crippen molar-refractivity contribution < 1.29 is 9.53 Å². The van der Waals surface area contributed by atoms with E-state index in [0.29, 0.717) is 24.2 Å². The average Bonchev–Trinajstić information content (AvgIpc) is 3.39. The first-order valence-electron chi connectivity index (χ1n) is 9.41. The number of hydrogen-bond acceptors (Lipinski definition) is 5. The topological polar surface area (TPSA) is 81.1 Å². The van der Waals surface area contributed by atoms with Crippen LogP contribution in [0, 0.1) is 5.92 Å². The molecule has 1 saturated heterocycles. The smallest absolute Gasteiger partial charge is 0.273 e. The number of nitrogens with zero attached hydrogens (tertiary/aromatic N) is 3. The molecule has 2 aliphatic rings. The van der Waals surface area contributed by atoms with Gasteiger partial charge < -0.3 is 15.4 Å². The fraction of sp³-hybridized carbons (Fsp3) is 0.526. The maximum Gasteiger partial charge on any atom is 0.273 e. The van der Waals surface area contributed by atoms with Crippen LogP contribution >= 0.6 is 0 Å². The second-order valence-corrected chi connectivity index (χ2v) is 7.11. The van der Waals surface area contributed by atoms with Crippen LogP contribution in [0.4, 0.5) is 0 Å². The molecule has 4 rings (SSSR count). The molecule has 0 radical (unpaired) electrons. The van der Waals surface area contributed by atoms with Crippen LogP contribution in [0.2, 0.25) is 0 Å². The summed E-state index contributed by atoms with van der Waals surface area (Å²) in [4.78, 5) is 12.4. The van der Waals surface area contributed by atoms with Crippen molar-refractivity contribution in [1.29, 1.82) is 0 Å². The van der Waals surface area contributed by atoms with Crippen LogP contribution in [-0.4, -0.2) is 40.6 Å². The van der Waals surface area contributed by atoms with Gasteiger partial charge in [0.1, 0.15) is 5.75 Å². The number of hydrogen-bond donors (Lipinski definition) is 2. The highest BCUT2D eigenvalue weighted by molar-refractivity contribution is 5.91. The van der Waals surface area contributed by atoms with Crippen molar-refractivity contribution in [3.8, 4) is 5.75 Å². The monoisotopic (exact) mass is 355 g/mol. The summed E-state index contributed by atoms with van der Waals surface area (Å²) >= 11 is 0. The molecule has 26 heavy (non-hydrogen) atoms. The van der Waals surface area contributed by atoms with E-state index in [4.69, 9.17) is 4.74 Å². The summed E-state index contributed by atoms with van der Waals surface area (Å²) < 4.78 is 7.72. The van der Waals surface area contributed by atoms with Gasteiger partial charge >= 0.3 is 0 Å². The van der Waals surface area contributed by atoms with Gasteiger partial charge in [-0.15, -0.1) is 5.10 Å². The van der Waals surface area contributed by atoms with E-state index in [1.54, 1.807) is 6.20 Å². The van der Waals surface area contributed by atoms with Crippen molar-refractivity contribution in [2.45, 2.75) is 38.3 Å². The fourth-order valence-electron chi connectivity index (χ4n) is 3.18. The van der Waals surface area contributed by atoms with E-state index in [1.807, 2.05) is 28.9 Å². The van der Waals surface area contributed by atoms with Gasteiger partial charge in [-0.2, -0.15) is 0 Å². The summed E-state index contributed by atoms with van der Waals surface area (Å²) in [5.74, 6) is 1.34. The number of nitrogens with one attached hydrogen (secondary N) is 2. The Labute approximate surface area is 153 Å². The van der Waals surface area contributed by atoms with Gasteiger partial charge in [0.25, 0.3) is 5.91 Å². The van der Waals surface area contributed by atoms with Crippen molar-refractivity contribution in [3.05, 3.63) is 41.7 Å². The van der Waals surface area contributed by atoms with E-state index in [-0.39, 0.29) is 5.91 Å². The lowest BCUT2D eigenvalue weighted by Crippen LogP contribution is -2.29. The zero-order valence-electron chi connectivity index (χ0n) is 14.9. The molecule has 0 atom stereocenters. The van der Waals surface area contributed by atoms with E-state index in [0.717, 1.165) is 43.9 Å². The van der Waals surface area contributed by atoms with Crippen molar-refractivity contribution in [2.24, 2.45) is 5.92 Å². The molecule has 2 fully saturated rings. The second kappa shape index (κ2) is 7.86. The van der Waals surface area contributed by atoms with Crippen molar-refractivity contribution >= 4 is 5.91 Å². The molecular weight excluding hydrogens is 330 g/mol. The number of ether oxygens (including phenoxy) is 1. The minimum Gasteiger partial charge on any atom is -0.493 e. The SMILES string of the molecule is O=C(NCc1ccccc1OCC1CC1)c1cn(C2CCNCC2)nn1. The molecular formula is C19H25N5O2. The Hall–Kier alpha value is -2.41. The van der Waals surface area contributed by atoms with Gasteiger partial charge in [0.05, 0.1) is 18.8 Å². The van der Waals surface area contributed by atoms with E-state index >= 15 is 0 Å². The quantitative estimate of drug-likeness (QED) is 0.793. The Kier molecular flexibility index (Phi) is 5.15. The Balaban J connectivity index is 1.34. The van der Waals surface area contributed by atoms with Crippen LogP contribution in [0.5, 0.6) is 5.75 Å². The van der Waals surface area contributed by atoms with Crippen LogP contribution in [-0.2, 0) is 6.54 Å². The van der Waals surface area contributed by atoms with Crippen LogP contribution in [0.15, 0.2) is 30.5 Å². The Morgan fingerprint density at radius 1 is 1.23 bits per heavy atom. The lowest BCUT2D eigenvalue weighted by molar-refractivity contribution is 0.0945. The summed E-state index contributed by atoms with van der Waals surface area (Å²) in [6.07, 6.45) is 6.28. The molecule has 1 saturated carbocycles. The van der Waals surface area contributed by atoms with E-state index < -0.39 is 0 Å². The predicted octanol–water partition coefficient (Wildman–Crippen LogP) is 1.92. The summed E-state index contributed by atoms with van der Waals surface area (Å²) in [6, 6.07) is 8.17.